The third-order valence-corrected chi connectivity index (χ3v) is 5.44. The predicted molar refractivity (Wildman–Crippen MR) is 125 cm³/mol. The average molecular weight is 464 g/mol. The van der Waals surface area contributed by atoms with Gasteiger partial charge < -0.3 is 32.5 Å². The normalized spacial score (nSPS) is 14.4. The van der Waals surface area contributed by atoms with Crippen molar-refractivity contribution in [1.29, 1.82) is 0 Å². The Kier molecular flexibility index (Phi) is 12.7. The maximum absolute atomic E-state index is 12.9. The number of aliphatic carboxylic acids is 1. The van der Waals surface area contributed by atoms with Crippen LogP contribution in [-0.4, -0.2) is 60.0 Å². The lowest BCUT2D eigenvalue weighted by molar-refractivity contribution is -0.142. The summed E-state index contributed by atoms with van der Waals surface area (Å²) in [6.45, 7) is 3.82. The van der Waals surface area contributed by atoms with Crippen molar-refractivity contribution in [3.05, 3.63) is 35.9 Å². The van der Waals surface area contributed by atoms with Gasteiger partial charge in [0.15, 0.2) is 0 Å². The molecule has 0 aromatic heterocycles. The quantitative estimate of drug-likeness (QED) is 0.197. The standard InChI is InChI=1S/C23H37N5O5/c1-3-15(2)20(28-19(29)14-26-21(30)17(25)11-7-8-12-24)22(31)27-18(23(32)33)13-16-9-5-4-6-10-16/h4-6,9-10,15,17-18,20H,3,7-8,11-14,24-25H2,1-2H3,(H,26,30)(H,27,31)(H,28,29)(H,32,33). The summed E-state index contributed by atoms with van der Waals surface area (Å²) in [5.74, 6) is -3.04. The van der Waals surface area contributed by atoms with Gasteiger partial charge in [-0.2, -0.15) is 0 Å². The summed E-state index contributed by atoms with van der Waals surface area (Å²) < 4.78 is 0. The van der Waals surface area contributed by atoms with Gasteiger partial charge in [0.05, 0.1) is 12.6 Å². The van der Waals surface area contributed by atoms with Crippen molar-refractivity contribution < 1.29 is 24.3 Å². The van der Waals surface area contributed by atoms with Gasteiger partial charge in [0, 0.05) is 6.42 Å². The van der Waals surface area contributed by atoms with Crippen LogP contribution in [0.5, 0.6) is 0 Å². The van der Waals surface area contributed by atoms with Crippen molar-refractivity contribution in [2.75, 3.05) is 13.1 Å². The van der Waals surface area contributed by atoms with Crippen molar-refractivity contribution in [2.45, 2.75) is 64.1 Å². The van der Waals surface area contributed by atoms with Gasteiger partial charge in [0.2, 0.25) is 17.7 Å². The Balaban J connectivity index is 2.70. The second kappa shape index (κ2) is 15.0. The molecule has 184 valence electrons. The third kappa shape index (κ3) is 10.5. The van der Waals surface area contributed by atoms with Crippen LogP contribution in [0.15, 0.2) is 30.3 Å². The van der Waals surface area contributed by atoms with Crippen LogP contribution in [-0.2, 0) is 25.6 Å². The molecule has 4 atom stereocenters. The van der Waals surface area contributed by atoms with E-state index in [1.54, 1.807) is 31.2 Å². The molecule has 8 N–H and O–H groups in total. The number of carbonyl (C=O) groups is 4. The number of nitrogens with one attached hydrogen (secondary N) is 3. The maximum Gasteiger partial charge on any atom is 0.326 e. The van der Waals surface area contributed by atoms with Gasteiger partial charge in [0.1, 0.15) is 12.1 Å². The number of hydrogen-bond acceptors (Lipinski definition) is 6. The average Bonchev–Trinajstić information content (AvgIpc) is 2.80. The molecular weight excluding hydrogens is 426 g/mol. The van der Waals surface area contributed by atoms with Crippen LogP contribution in [0, 0.1) is 5.92 Å². The van der Waals surface area contributed by atoms with Gasteiger partial charge in [-0.15, -0.1) is 0 Å². The van der Waals surface area contributed by atoms with Crippen LogP contribution < -0.4 is 27.4 Å². The number of rotatable bonds is 15. The smallest absolute Gasteiger partial charge is 0.326 e. The zero-order chi connectivity index (χ0) is 24.8. The van der Waals surface area contributed by atoms with Crippen molar-refractivity contribution >= 4 is 23.7 Å². The van der Waals surface area contributed by atoms with Crippen LogP contribution in [0.2, 0.25) is 0 Å². The molecule has 0 radical (unpaired) electrons. The van der Waals surface area contributed by atoms with Crippen LogP contribution in [0.3, 0.4) is 0 Å². The van der Waals surface area contributed by atoms with Gasteiger partial charge in [-0.3, -0.25) is 14.4 Å². The number of carboxylic acid groups (broad SMARTS) is 1. The second-order valence-corrected chi connectivity index (χ2v) is 8.13. The number of hydrogen-bond donors (Lipinski definition) is 6. The van der Waals surface area contributed by atoms with E-state index in [2.05, 4.69) is 16.0 Å². The Morgan fingerprint density at radius 2 is 1.70 bits per heavy atom. The van der Waals surface area contributed by atoms with Crippen LogP contribution >= 0.6 is 0 Å². The largest absolute Gasteiger partial charge is 0.480 e. The zero-order valence-electron chi connectivity index (χ0n) is 19.4. The first-order chi connectivity index (χ1) is 15.7. The molecule has 3 amide bonds. The molecule has 0 saturated carbocycles. The van der Waals surface area contributed by atoms with Gasteiger partial charge >= 0.3 is 5.97 Å². The molecule has 0 saturated heterocycles. The molecule has 1 rings (SSSR count). The SMILES string of the molecule is CCC(C)C(NC(=O)CNC(=O)C(N)CCCCN)C(=O)NC(Cc1ccccc1)C(=O)O. The first-order valence-electron chi connectivity index (χ1n) is 11.3. The fraction of sp³-hybridized carbons (Fsp3) is 0.565. The van der Waals surface area contributed by atoms with Crippen molar-refractivity contribution in [3.8, 4) is 0 Å². The van der Waals surface area contributed by atoms with E-state index in [-0.39, 0.29) is 18.9 Å². The van der Waals surface area contributed by atoms with Crippen LogP contribution in [0.4, 0.5) is 0 Å². The Morgan fingerprint density at radius 1 is 1.03 bits per heavy atom. The van der Waals surface area contributed by atoms with Gasteiger partial charge in [0.25, 0.3) is 0 Å². The molecule has 33 heavy (non-hydrogen) atoms. The molecule has 1 aromatic rings. The van der Waals surface area contributed by atoms with Crippen LogP contribution in [0.25, 0.3) is 0 Å². The molecule has 0 fully saturated rings. The summed E-state index contributed by atoms with van der Waals surface area (Å²) in [7, 11) is 0. The van der Waals surface area contributed by atoms with E-state index >= 15 is 0 Å². The lowest BCUT2D eigenvalue weighted by atomic mass is 9.97. The summed E-state index contributed by atoms with van der Waals surface area (Å²) in [5.41, 5.74) is 12.0. The number of carbonyl (C=O) groups excluding carboxylic acids is 3. The summed E-state index contributed by atoms with van der Waals surface area (Å²) in [6, 6.07) is 6.11. The molecule has 0 spiro atoms. The summed E-state index contributed by atoms with van der Waals surface area (Å²) in [5, 5.41) is 17.2. The fourth-order valence-electron chi connectivity index (χ4n) is 3.18. The third-order valence-electron chi connectivity index (χ3n) is 5.44. The van der Waals surface area contributed by atoms with E-state index in [1.807, 2.05) is 13.0 Å². The van der Waals surface area contributed by atoms with Crippen molar-refractivity contribution in [3.63, 3.8) is 0 Å². The maximum atomic E-state index is 12.9. The number of amides is 3. The highest BCUT2D eigenvalue weighted by atomic mass is 16.4. The van der Waals surface area contributed by atoms with Crippen LogP contribution in [0.1, 0.15) is 45.1 Å². The Morgan fingerprint density at radius 3 is 2.27 bits per heavy atom. The fourth-order valence-corrected chi connectivity index (χ4v) is 3.18. The summed E-state index contributed by atoms with van der Waals surface area (Å²) >= 11 is 0. The topological polar surface area (TPSA) is 177 Å². The minimum absolute atomic E-state index is 0.112. The molecule has 10 heteroatoms. The lowest BCUT2D eigenvalue weighted by Gasteiger charge is -2.25. The lowest BCUT2D eigenvalue weighted by Crippen LogP contribution is -2.56. The van der Waals surface area contributed by atoms with Crippen molar-refractivity contribution in [1.82, 2.24) is 16.0 Å². The molecule has 0 heterocycles. The minimum Gasteiger partial charge on any atom is -0.480 e. The second-order valence-electron chi connectivity index (χ2n) is 8.13. The summed E-state index contributed by atoms with van der Waals surface area (Å²) in [6.07, 6.45) is 2.62. The van der Waals surface area contributed by atoms with E-state index in [4.69, 9.17) is 11.5 Å². The van der Waals surface area contributed by atoms with E-state index in [9.17, 15) is 24.3 Å². The first-order valence-corrected chi connectivity index (χ1v) is 11.3. The molecule has 0 aliphatic carbocycles. The first kappa shape index (κ1) is 28.1. The van der Waals surface area contributed by atoms with Gasteiger partial charge in [-0.25, -0.2) is 4.79 Å². The van der Waals surface area contributed by atoms with E-state index < -0.39 is 41.8 Å². The molecule has 0 bridgehead atoms. The van der Waals surface area contributed by atoms with Crippen molar-refractivity contribution in [2.24, 2.45) is 17.4 Å². The van der Waals surface area contributed by atoms with E-state index in [0.29, 0.717) is 25.8 Å². The molecule has 10 nitrogen and oxygen atoms in total. The van der Waals surface area contributed by atoms with E-state index in [1.165, 1.54) is 0 Å². The zero-order valence-corrected chi connectivity index (χ0v) is 19.4. The molecule has 0 aliphatic heterocycles. The number of unbranched alkanes of at least 4 members (excludes halogenated alkanes) is 1. The minimum atomic E-state index is -1.17. The molecule has 1 aromatic carbocycles. The molecular formula is C23H37N5O5. The number of carboxylic acids is 1. The highest BCUT2D eigenvalue weighted by Gasteiger charge is 2.30. The number of benzene rings is 1. The summed E-state index contributed by atoms with van der Waals surface area (Å²) in [4.78, 5) is 49.0. The highest BCUT2D eigenvalue weighted by molar-refractivity contribution is 5.92. The van der Waals surface area contributed by atoms with Gasteiger partial charge in [-0.1, -0.05) is 57.0 Å². The Hall–Kier alpha value is -2.98. The number of nitrogens with two attached hydrogens (primary N) is 2. The monoisotopic (exact) mass is 463 g/mol. The predicted octanol–water partition coefficient (Wildman–Crippen LogP) is -0.0981. The Bertz CT molecular complexity index is 774. The van der Waals surface area contributed by atoms with E-state index in [0.717, 1.165) is 12.0 Å². The molecule has 0 aliphatic rings. The van der Waals surface area contributed by atoms with Gasteiger partial charge in [-0.05, 0) is 30.9 Å². The Labute approximate surface area is 194 Å². The highest BCUT2D eigenvalue weighted by Crippen LogP contribution is 2.10. The molecule has 4 unspecified atom stereocenters.